The van der Waals surface area contributed by atoms with E-state index in [2.05, 4.69) is 36.9 Å². The predicted octanol–water partition coefficient (Wildman–Crippen LogP) is 6.27. The van der Waals surface area contributed by atoms with Crippen molar-refractivity contribution in [2.45, 2.75) is 6.61 Å². The molecule has 0 saturated carbocycles. The first-order valence-corrected chi connectivity index (χ1v) is 10.5. The molecule has 0 N–H and O–H groups in total. The van der Waals surface area contributed by atoms with E-state index in [1.807, 2.05) is 42.5 Å². The Kier molecular flexibility index (Phi) is 6.11. The molecule has 0 bridgehead atoms. The molecule has 4 rings (SSSR count). The van der Waals surface area contributed by atoms with E-state index in [-0.39, 0.29) is 24.0 Å². The van der Waals surface area contributed by atoms with Crippen molar-refractivity contribution in [1.29, 1.82) is 0 Å². The van der Waals surface area contributed by atoms with Crippen molar-refractivity contribution < 1.29 is 18.7 Å². The Balaban J connectivity index is 1.55. The summed E-state index contributed by atoms with van der Waals surface area (Å²) < 4.78 is 25.6. The topological polar surface area (TPSA) is 47.9 Å². The number of hydrogen-bond donors (Lipinski definition) is 0. The third-order valence-corrected chi connectivity index (χ3v) is 5.44. The van der Waals surface area contributed by atoms with E-state index in [0.29, 0.717) is 14.7 Å². The van der Waals surface area contributed by atoms with Gasteiger partial charge in [0.15, 0.2) is 5.70 Å². The summed E-state index contributed by atoms with van der Waals surface area (Å²) in [5.74, 6) is 0.0907. The second-order valence-corrected chi connectivity index (χ2v) is 8.14. The first-order valence-electron chi connectivity index (χ1n) is 8.94. The number of aliphatic imine (C=N–C) groups is 1. The van der Waals surface area contributed by atoms with Gasteiger partial charge in [-0.25, -0.2) is 14.2 Å². The zero-order valence-electron chi connectivity index (χ0n) is 15.4. The third kappa shape index (κ3) is 4.68. The highest BCUT2D eigenvalue weighted by atomic mass is 79.9. The summed E-state index contributed by atoms with van der Waals surface area (Å²) >= 11 is 7.00. The molecule has 1 aliphatic heterocycles. The van der Waals surface area contributed by atoms with E-state index in [1.165, 1.54) is 12.1 Å². The number of hydrogen-bond acceptors (Lipinski definition) is 4. The van der Waals surface area contributed by atoms with Gasteiger partial charge in [-0.1, -0.05) is 30.3 Å². The van der Waals surface area contributed by atoms with E-state index in [0.717, 1.165) is 16.7 Å². The van der Waals surface area contributed by atoms with Crippen LogP contribution >= 0.6 is 31.9 Å². The lowest BCUT2D eigenvalue weighted by molar-refractivity contribution is -0.129. The summed E-state index contributed by atoms with van der Waals surface area (Å²) in [7, 11) is 0. The van der Waals surface area contributed by atoms with Crippen molar-refractivity contribution in [3.63, 3.8) is 0 Å². The van der Waals surface area contributed by atoms with Crippen molar-refractivity contribution in [1.82, 2.24) is 0 Å². The van der Waals surface area contributed by atoms with Crippen molar-refractivity contribution in [3.8, 4) is 5.75 Å². The summed E-state index contributed by atoms with van der Waals surface area (Å²) in [5.41, 5.74) is 2.54. The zero-order valence-corrected chi connectivity index (χ0v) is 18.6. The normalized spacial score (nSPS) is 14.6. The minimum Gasteiger partial charge on any atom is -0.487 e. The first kappa shape index (κ1) is 20.5. The van der Waals surface area contributed by atoms with Gasteiger partial charge in [0.1, 0.15) is 18.2 Å². The molecule has 7 heteroatoms. The van der Waals surface area contributed by atoms with Crippen molar-refractivity contribution in [3.05, 3.63) is 104 Å². The Bertz CT molecular complexity index is 1140. The molecule has 0 spiro atoms. The van der Waals surface area contributed by atoms with Crippen LogP contribution in [0.3, 0.4) is 0 Å². The van der Waals surface area contributed by atoms with E-state index in [1.54, 1.807) is 18.2 Å². The highest BCUT2D eigenvalue weighted by Crippen LogP contribution is 2.36. The lowest BCUT2D eigenvalue weighted by Crippen LogP contribution is -2.04. The van der Waals surface area contributed by atoms with Crippen molar-refractivity contribution in [2.24, 2.45) is 4.99 Å². The molecule has 30 heavy (non-hydrogen) atoms. The van der Waals surface area contributed by atoms with Gasteiger partial charge in [-0.15, -0.1) is 0 Å². The summed E-state index contributed by atoms with van der Waals surface area (Å²) in [6.07, 6.45) is 1.65. The largest absolute Gasteiger partial charge is 0.487 e. The van der Waals surface area contributed by atoms with Gasteiger partial charge in [0.2, 0.25) is 5.90 Å². The van der Waals surface area contributed by atoms with Gasteiger partial charge in [0.25, 0.3) is 0 Å². The highest BCUT2D eigenvalue weighted by molar-refractivity contribution is 9.11. The minimum absolute atomic E-state index is 0.215. The highest BCUT2D eigenvalue weighted by Gasteiger charge is 2.24. The fraction of sp³-hybridized carbons (Fsp3) is 0.0435. The molecular weight excluding hydrogens is 517 g/mol. The summed E-state index contributed by atoms with van der Waals surface area (Å²) in [6.45, 7) is 0.287. The second kappa shape index (κ2) is 8.93. The maximum atomic E-state index is 13.0. The maximum Gasteiger partial charge on any atom is 0.363 e. The smallest absolute Gasteiger partial charge is 0.363 e. The maximum absolute atomic E-state index is 13.0. The molecule has 3 aromatic carbocycles. The van der Waals surface area contributed by atoms with E-state index in [9.17, 15) is 9.18 Å². The second-order valence-electron chi connectivity index (χ2n) is 6.43. The summed E-state index contributed by atoms with van der Waals surface area (Å²) in [5, 5.41) is 0. The van der Waals surface area contributed by atoms with Gasteiger partial charge in [0, 0.05) is 5.56 Å². The van der Waals surface area contributed by atoms with Crippen LogP contribution in [0.5, 0.6) is 5.75 Å². The van der Waals surface area contributed by atoms with Gasteiger partial charge in [-0.3, -0.25) is 0 Å². The standard InChI is InChI=1S/C23H14Br2FNO3/c24-18-10-15(11-19(25)21(18)29-13-14-6-8-17(26)9-7-14)12-20-23(28)30-22(27-20)16-4-2-1-3-5-16/h1-12H,13H2/b20-12-. The van der Waals surface area contributed by atoms with Crippen LogP contribution in [-0.2, 0) is 16.1 Å². The van der Waals surface area contributed by atoms with Crippen LogP contribution in [0.25, 0.3) is 6.08 Å². The van der Waals surface area contributed by atoms with E-state index < -0.39 is 5.97 Å². The lowest BCUT2D eigenvalue weighted by atomic mass is 10.2. The molecule has 0 unspecified atom stereocenters. The molecule has 0 saturated heterocycles. The molecule has 0 amide bonds. The van der Waals surface area contributed by atoms with Crippen LogP contribution in [0.4, 0.5) is 4.39 Å². The molecule has 0 aromatic heterocycles. The van der Waals surface area contributed by atoms with Gasteiger partial charge < -0.3 is 9.47 Å². The Morgan fingerprint density at radius 3 is 2.33 bits per heavy atom. The fourth-order valence-electron chi connectivity index (χ4n) is 2.81. The van der Waals surface area contributed by atoms with Gasteiger partial charge in [-0.2, -0.15) is 0 Å². The molecule has 1 aliphatic rings. The average Bonchev–Trinajstić information content (AvgIpc) is 3.10. The molecule has 3 aromatic rings. The number of cyclic esters (lactones) is 1. The number of carbonyl (C=O) groups excluding carboxylic acids is 1. The molecule has 150 valence electrons. The molecule has 0 atom stereocenters. The molecule has 1 heterocycles. The Labute approximate surface area is 189 Å². The number of halogens is 3. The number of carbonyl (C=O) groups is 1. The number of esters is 1. The van der Waals surface area contributed by atoms with Crippen LogP contribution < -0.4 is 4.74 Å². The van der Waals surface area contributed by atoms with Crippen molar-refractivity contribution in [2.75, 3.05) is 0 Å². The van der Waals surface area contributed by atoms with Gasteiger partial charge >= 0.3 is 5.97 Å². The quantitative estimate of drug-likeness (QED) is 0.288. The average molecular weight is 531 g/mol. The molecule has 0 fully saturated rings. The zero-order chi connectivity index (χ0) is 21.1. The Hall–Kier alpha value is -2.77. The Morgan fingerprint density at radius 1 is 1.00 bits per heavy atom. The monoisotopic (exact) mass is 529 g/mol. The summed E-state index contributed by atoms with van der Waals surface area (Å²) in [6, 6.07) is 19.0. The fourth-order valence-corrected chi connectivity index (χ4v) is 4.26. The summed E-state index contributed by atoms with van der Waals surface area (Å²) in [4.78, 5) is 16.5. The first-order chi connectivity index (χ1) is 14.5. The predicted molar refractivity (Wildman–Crippen MR) is 120 cm³/mol. The van der Waals surface area contributed by atoms with Crippen LogP contribution in [0.15, 0.2) is 86.4 Å². The molecule has 4 nitrogen and oxygen atoms in total. The molecule has 0 aliphatic carbocycles. The molecule has 0 radical (unpaired) electrons. The number of rotatable bonds is 5. The Morgan fingerprint density at radius 2 is 1.67 bits per heavy atom. The number of benzene rings is 3. The van der Waals surface area contributed by atoms with Gasteiger partial charge in [0.05, 0.1) is 8.95 Å². The van der Waals surface area contributed by atoms with E-state index in [4.69, 9.17) is 9.47 Å². The molecular formula is C23H14Br2FNO3. The van der Waals surface area contributed by atoms with Crippen LogP contribution in [0, 0.1) is 5.82 Å². The van der Waals surface area contributed by atoms with E-state index >= 15 is 0 Å². The minimum atomic E-state index is -0.502. The van der Waals surface area contributed by atoms with Gasteiger partial charge in [-0.05, 0) is 85.5 Å². The third-order valence-electron chi connectivity index (χ3n) is 4.26. The number of ether oxygens (including phenoxy) is 2. The van der Waals surface area contributed by atoms with Crippen LogP contribution in [-0.4, -0.2) is 11.9 Å². The van der Waals surface area contributed by atoms with Crippen LogP contribution in [0.2, 0.25) is 0 Å². The van der Waals surface area contributed by atoms with Crippen molar-refractivity contribution >= 4 is 49.8 Å². The lowest BCUT2D eigenvalue weighted by Gasteiger charge is -2.11. The SMILES string of the molecule is O=C1OC(c2ccccc2)=N/C1=C\c1cc(Br)c(OCc2ccc(F)cc2)c(Br)c1. The van der Waals surface area contributed by atoms with Crippen LogP contribution in [0.1, 0.15) is 16.7 Å². The number of nitrogens with zero attached hydrogens (tertiary/aromatic N) is 1.